The summed E-state index contributed by atoms with van der Waals surface area (Å²) in [7, 11) is 0. The quantitative estimate of drug-likeness (QED) is 0.159. The van der Waals surface area contributed by atoms with E-state index in [-0.39, 0.29) is 184 Å². The van der Waals surface area contributed by atoms with E-state index in [1.165, 1.54) is 4.68 Å². The minimum atomic E-state index is 0. The van der Waals surface area contributed by atoms with Crippen LogP contribution in [0.2, 0.25) is 0 Å². The van der Waals surface area contributed by atoms with Gasteiger partial charge in [0.1, 0.15) is 0 Å². The number of hydrogen-bond acceptors (Lipinski definition) is 9. The maximum atomic E-state index is 5.29. The van der Waals surface area contributed by atoms with Crippen LogP contribution in [-0.4, -0.2) is 39.8 Å². The van der Waals surface area contributed by atoms with E-state index in [0.717, 1.165) is 48.1 Å². The molecule has 0 amide bonds. The summed E-state index contributed by atoms with van der Waals surface area (Å²) in [5, 5.41) is 7.31. The number of allylic oxidation sites excluding steroid dienone is 2. The molecule has 0 atom stereocenters. The van der Waals surface area contributed by atoms with E-state index in [9.17, 15) is 0 Å². The number of aromatic nitrogens is 7. The van der Waals surface area contributed by atoms with Crippen LogP contribution in [0.25, 0.3) is 0 Å². The molecule has 0 aliphatic heterocycles. The van der Waals surface area contributed by atoms with Crippen molar-refractivity contribution in [2.45, 2.75) is 46.6 Å². The van der Waals surface area contributed by atoms with Crippen LogP contribution in [0.4, 0.5) is 0 Å². The molecule has 0 saturated heterocycles. The van der Waals surface area contributed by atoms with Gasteiger partial charge in [-0.05, 0) is 48.5 Å². The van der Waals surface area contributed by atoms with Crippen LogP contribution in [0.3, 0.4) is 0 Å². The molecule has 5 heterocycles. The predicted molar refractivity (Wildman–Crippen MR) is 198 cm³/mol. The van der Waals surface area contributed by atoms with Crippen LogP contribution in [0.5, 0.6) is 0 Å². The van der Waals surface area contributed by atoms with E-state index in [1.807, 2.05) is 91.4 Å². The van der Waals surface area contributed by atoms with Crippen molar-refractivity contribution in [1.29, 1.82) is 0 Å². The van der Waals surface area contributed by atoms with Crippen molar-refractivity contribution >= 4 is 0 Å². The molecule has 0 spiro atoms. The molecule has 0 bridgehead atoms. The fraction of sp³-hybridized carbons (Fsp3) is 0.184. The molecule has 16 heteroatoms. The summed E-state index contributed by atoms with van der Waals surface area (Å²) in [6.07, 6.45) is 16.4. The molecule has 4 N–H and O–H groups in total. The Kier molecular flexibility index (Phi) is 74.0. The van der Waals surface area contributed by atoms with Crippen LogP contribution in [0.1, 0.15) is 42.3 Å². The molecule has 54 heavy (non-hydrogen) atoms. The van der Waals surface area contributed by atoms with Gasteiger partial charge in [-0.1, -0.05) is 30.5 Å². The molecule has 5 aromatic heterocycles. The SMILES string of the molecule is C=[C-]C.C=[C-]C.C=[C-]n1cc(CN)nn1.NCc1ccccn1.[CH3-].[CH3-].[CH3-].[W].[W].[W].[Y].[Y].[Y].c1ccc(CN(Cc2ccccn2)Cc2ccccn2)nc1. The summed E-state index contributed by atoms with van der Waals surface area (Å²) in [5.41, 5.74) is 15.4. The molecule has 0 aliphatic rings. The van der Waals surface area contributed by atoms with Crippen LogP contribution >= 0.6 is 0 Å². The molecule has 10 nitrogen and oxygen atoms in total. The Morgan fingerprint density at radius 2 is 0.852 bits per heavy atom. The van der Waals surface area contributed by atoms with E-state index in [4.69, 9.17) is 11.5 Å². The standard InChI is InChI=1S/C18H18N4.C6H8N2.C5H7N4.2C3H5.3CH3.3W.3Y/c1-4-10-19-16(7-1)13-22(14-17-8-2-5-11-20-17)15-18-9-3-6-12-21-18;7-5-6-3-1-2-4-8-6;1-2-9-4-5(3-6)7-8-9;2*1-3-2;;;;;;;;;/h1-12H,13-15H2;1-4H,5,7H2;4H,1,3,6H2;2*1H2,2H3;3*1H3;;;;;;/q;;6*-1;;;;;;. The second-order valence-corrected chi connectivity index (χ2v) is 8.86. The molecule has 0 saturated carbocycles. The number of nitrogens with two attached hydrogens (primary N) is 2. The van der Waals surface area contributed by atoms with Gasteiger partial charge < -0.3 is 50.6 Å². The Morgan fingerprint density at radius 3 is 1.04 bits per heavy atom. The summed E-state index contributed by atoms with van der Waals surface area (Å²) in [6, 6.07) is 23.7. The minimum Gasteiger partial charge on any atom is -0.507 e. The van der Waals surface area contributed by atoms with Gasteiger partial charge >= 0.3 is 0 Å². The van der Waals surface area contributed by atoms with Crippen molar-refractivity contribution in [1.82, 2.24) is 39.8 Å². The topological polar surface area (TPSA) is 138 Å². The van der Waals surface area contributed by atoms with Gasteiger partial charge in [-0.2, -0.15) is 31.7 Å². The summed E-state index contributed by atoms with van der Waals surface area (Å²) < 4.78 is 1.39. The third-order valence-electron chi connectivity index (χ3n) is 5.18. The number of hydrogen-bond donors (Lipinski definition) is 2. The average molecular weight is 1470 g/mol. The van der Waals surface area contributed by atoms with E-state index < -0.39 is 0 Å². The number of nitrogens with zero attached hydrogens (tertiary/aromatic N) is 8. The molecule has 287 valence electrons. The van der Waals surface area contributed by atoms with Gasteiger partial charge in [0.25, 0.3) is 0 Å². The van der Waals surface area contributed by atoms with Crippen molar-refractivity contribution in [2.24, 2.45) is 11.5 Å². The van der Waals surface area contributed by atoms with Crippen molar-refractivity contribution in [3.8, 4) is 0 Å². The first-order valence-corrected chi connectivity index (χ1v) is 14.1. The maximum Gasteiger partial charge on any atom is 0.0544 e. The van der Waals surface area contributed by atoms with Crippen LogP contribution in [-0.2, 0) is 194 Å². The summed E-state index contributed by atoms with van der Waals surface area (Å²) in [6.45, 7) is 16.6. The van der Waals surface area contributed by atoms with Gasteiger partial charge in [0.15, 0.2) is 0 Å². The minimum absolute atomic E-state index is 0. The van der Waals surface area contributed by atoms with E-state index in [0.29, 0.717) is 13.1 Å². The second-order valence-electron chi connectivity index (χ2n) is 8.86. The first kappa shape index (κ1) is 75.1. The van der Waals surface area contributed by atoms with E-state index >= 15 is 0 Å². The molecule has 3 radical (unpaired) electrons. The van der Waals surface area contributed by atoms with Crippen molar-refractivity contribution in [2.75, 3.05) is 0 Å². The smallest absolute Gasteiger partial charge is 0.0544 e. The van der Waals surface area contributed by atoms with Crippen molar-refractivity contribution < 1.29 is 161 Å². The fourth-order valence-corrected chi connectivity index (χ4v) is 3.32. The normalized spacial score (nSPS) is 7.80. The zero-order valence-corrected chi connectivity index (χ0v) is 49.5. The van der Waals surface area contributed by atoms with Gasteiger partial charge in [-0.25, -0.2) is 0 Å². The van der Waals surface area contributed by atoms with E-state index in [2.05, 4.69) is 73.2 Å². The summed E-state index contributed by atoms with van der Waals surface area (Å²) >= 11 is 0. The Hall–Kier alpha value is 0.217. The second kappa shape index (κ2) is 53.2. The molecule has 0 fully saturated rings. The van der Waals surface area contributed by atoms with Gasteiger partial charge in [0.2, 0.25) is 0 Å². The van der Waals surface area contributed by atoms with Gasteiger partial charge in [0.05, 0.1) is 22.8 Å². The molecular formula is C38H52N10W3Y3-6. The average Bonchev–Trinajstić information content (AvgIpc) is 3.57. The molecule has 0 aromatic carbocycles. The summed E-state index contributed by atoms with van der Waals surface area (Å²) in [5.74, 6) is 0. The monoisotopic (exact) mass is 1470 g/mol. The van der Waals surface area contributed by atoms with Gasteiger partial charge in [-0.15, -0.1) is 5.21 Å². The Morgan fingerprint density at radius 1 is 0.556 bits per heavy atom. The molecular weight excluding hydrogens is 1410 g/mol. The third kappa shape index (κ3) is 39.1. The number of rotatable bonds is 9. The summed E-state index contributed by atoms with van der Waals surface area (Å²) in [4.78, 5) is 19.5. The zero-order valence-electron chi connectivity index (χ0n) is 32.2. The molecule has 0 unspecified atom stereocenters. The first-order valence-electron chi connectivity index (χ1n) is 14.1. The Bertz CT molecular complexity index is 1340. The molecule has 0 aliphatic carbocycles. The Labute approximate surface area is 445 Å². The van der Waals surface area contributed by atoms with Gasteiger partial charge in [0, 0.05) is 225 Å². The first-order chi connectivity index (χ1) is 22.0. The van der Waals surface area contributed by atoms with Gasteiger partial charge in [-0.3, -0.25) is 38.0 Å². The number of pyridine rings is 4. The predicted octanol–water partition coefficient (Wildman–Crippen LogP) is 6.47. The largest absolute Gasteiger partial charge is 0.507 e. The van der Waals surface area contributed by atoms with Crippen molar-refractivity contribution in [3.05, 3.63) is 193 Å². The Balaban J connectivity index is -0.0000000773. The fourth-order valence-electron chi connectivity index (χ4n) is 3.32. The third-order valence-corrected chi connectivity index (χ3v) is 5.18. The van der Waals surface area contributed by atoms with Crippen LogP contribution in [0.15, 0.2) is 124 Å². The maximum absolute atomic E-state index is 5.29. The van der Waals surface area contributed by atoms with Crippen LogP contribution in [0, 0.1) is 40.6 Å². The van der Waals surface area contributed by atoms with E-state index in [1.54, 1.807) is 26.2 Å². The van der Waals surface area contributed by atoms with Crippen LogP contribution < -0.4 is 11.5 Å². The zero-order chi connectivity index (χ0) is 33.0. The van der Waals surface area contributed by atoms with Crippen molar-refractivity contribution in [3.63, 3.8) is 0 Å². The molecule has 5 rings (SSSR count). The molecule has 5 aromatic rings.